The fourth-order valence-corrected chi connectivity index (χ4v) is 3.23. The lowest BCUT2D eigenvalue weighted by molar-refractivity contribution is -0.142. The van der Waals surface area contributed by atoms with Crippen LogP contribution in [0.4, 0.5) is 0 Å². The maximum Gasteiger partial charge on any atom is 0.305 e. The van der Waals surface area contributed by atoms with E-state index in [1.165, 1.54) is 12.7 Å². The van der Waals surface area contributed by atoms with Crippen LogP contribution in [0.5, 0.6) is 11.5 Å². The number of esters is 1. The van der Waals surface area contributed by atoms with E-state index in [4.69, 9.17) is 14.2 Å². The number of hydrogen-bond donors (Lipinski definition) is 0. The van der Waals surface area contributed by atoms with Crippen molar-refractivity contribution in [3.05, 3.63) is 23.8 Å². The molecule has 1 fully saturated rings. The third-order valence-electron chi connectivity index (χ3n) is 4.44. The highest BCUT2D eigenvalue weighted by molar-refractivity contribution is 5.69. The maximum absolute atomic E-state index is 11.6. The molecule has 3 rings (SSSR count). The van der Waals surface area contributed by atoms with Gasteiger partial charge in [-0.1, -0.05) is 6.07 Å². The Morgan fingerprint density at radius 3 is 3.00 bits per heavy atom. The van der Waals surface area contributed by atoms with Gasteiger partial charge >= 0.3 is 5.97 Å². The summed E-state index contributed by atoms with van der Waals surface area (Å²) in [4.78, 5) is 14.0. The number of methoxy groups -OCH3 is 1. The molecule has 0 amide bonds. The van der Waals surface area contributed by atoms with Crippen LogP contribution in [0.1, 0.15) is 24.3 Å². The molecule has 2 aliphatic heterocycles. The molecule has 114 valence electrons. The molecule has 0 bridgehead atoms. The second-order valence-electron chi connectivity index (χ2n) is 5.81. The summed E-state index contributed by atoms with van der Waals surface area (Å²) >= 11 is 0. The van der Waals surface area contributed by atoms with Gasteiger partial charge in [0, 0.05) is 18.9 Å². The zero-order valence-electron chi connectivity index (χ0n) is 12.5. The Balaban J connectivity index is 1.83. The monoisotopic (exact) mass is 291 g/mol. The van der Waals surface area contributed by atoms with Gasteiger partial charge < -0.3 is 19.1 Å². The highest BCUT2D eigenvalue weighted by atomic mass is 16.7. The first-order chi connectivity index (χ1) is 10.2. The first-order valence-electron chi connectivity index (χ1n) is 7.32. The molecule has 5 heteroatoms. The van der Waals surface area contributed by atoms with Crippen LogP contribution in [-0.4, -0.2) is 44.9 Å². The van der Waals surface area contributed by atoms with Crippen LogP contribution < -0.4 is 9.47 Å². The zero-order valence-corrected chi connectivity index (χ0v) is 12.5. The fourth-order valence-electron chi connectivity index (χ4n) is 3.23. The zero-order chi connectivity index (χ0) is 14.8. The summed E-state index contributed by atoms with van der Waals surface area (Å²) in [6, 6.07) is 6.10. The van der Waals surface area contributed by atoms with Crippen molar-refractivity contribution in [3.8, 4) is 11.5 Å². The van der Waals surface area contributed by atoms with Gasteiger partial charge in [-0.15, -0.1) is 0 Å². The minimum absolute atomic E-state index is 0.129. The van der Waals surface area contributed by atoms with Gasteiger partial charge in [0.1, 0.15) is 0 Å². The van der Waals surface area contributed by atoms with Crippen molar-refractivity contribution in [2.24, 2.45) is 5.92 Å². The highest BCUT2D eigenvalue weighted by Crippen LogP contribution is 2.39. The van der Waals surface area contributed by atoms with Crippen LogP contribution in [0.2, 0.25) is 0 Å². The number of carbonyl (C=O) groups is 1. The first kappa shape index (κ1) is 14.2. The molecule has 2 heterocycles. The number of benzene rings is 1. The summed E-state index contributed by atoms with van der Waals surface area (Å²) < 4.78 is 15.7. The summed E-state index contributed by atoms with van der Waals surface area (Å²) in [7, 11) is 3.57. The van der Waals surface area contributed by atoms with Crippen LogP contribution >= 0.6 is 0 Å². The Morgan fingerprint density at radius 2 is 2.19 bits per heavy atom. The molecule has 2 atom stereocenters. The number of likely N-dealkylation sites (tertiary alicyclic amines) is 1. The molecule has 5 nitrogen and oxygen atoms in total. The third kappa shape index (κ3) is 2.97. The molecule has 0 unspecified atom stereocenters. The molecule has 1 aromatic rings. The molecule has 2 aliphatic rings. The minimum Gasteiger partial charge on any atom is -0.469 e. The molecule has 0 spiro atoms. The summed E-state index contributed by atoms with van der Waals surface area (Å²) in [6.07, 6.45) is 1.48. The SMILES string of the molecule is COC(=O)C[C@@H]1CCN(C)C[C@@H]1c1ccc2c(c1)OCO2. The Labute approximate surface area is 124 Å². The molecule has 0 radical (unpaired) electrons. The van der Waals surface area contributed by atoms with Crippen molar-refractivity contribution < 1.29 is 19.0 Å². The second-order valence-corrected chi connectivity index (χ2v) is 5.81. The summed E-state index contributed by atoms with van der Waals surface area (Å²) in [5.41, 5.74) is 1.21. The van der Waals surface area contributed by atoms with Crippen LogP contribution in [0.3, 0.4) is 0 Å². The molecule has 0 aromatic heterocycles. The summed E-state index contributed by atoms with van der Waals surface area (Å²) in [5.74, 6) is 2.10. The Morgan fingerprint density at radius 1 is 1.38 bits per heavy atom. The lowest BCUT2D eigenvalue weighted by atomic mass is 9.79. The number of carbonyl (C=O) groups excluding carboxylic acids is 1. The van der Waals surface area contributed by atoms with E-state index < -0.39 is 0 Å². The predicted molar refractivity (Wildman–Crippen MR) is 77.5 cm³/mol. The molecule has 1 aromatic carbocycles. The third-order valence-corrected chi connectivity index (χ3v) is 4.44. The van der Waals surface area contributed by atoms with Gasteiger partial charge in [-0.25, -0.2) is 0 Å². The molecular formula is C16H21NO4. The van der Waals surface area contributed by atoms with Crippen LogP contribution in [0.15, 0.2) is 18.2 Å². The summed E-state index contributed by atoms with van der Waals surface area (Å²) in [6.45, 7) is 2.25. The maximum atomic E-state index is 11.6. The number of nitrogens with zero attached hydrogens (tertiary/aromatic N) is 1. The van der Waals surface area contributed by atoms with Gasteiger partial charge in [0.05, 0.1) is 7.11 Å². The number of ether oxygens (including phenoxy) is 3. The molecular weight excluding hydrogens is 270 g/mol. The van der Waals surface area contributed by atoms with Gasteiger partial charge in [0.15, 0.2) is 11.5 Å². The average molecular weight is 291 g/mol. The molecule has 1 saturated heterocycles. The van der Waals surface area contributed by atoms with E-state index in [-0.39, 0.29) is 12.8 Å². The van der Waals surface area contributed by atoms with E-state index in [1.807, 2.05) is 6.07 Å². The van der Waals surface area contributed by atoms with Gasteiger partial charge in [0.25, 0.3) is 0 Å². The number of hydrogen-bond acceptors (Lipinski definition) is 5. The van der Waals surface area contributed by atoms with Gasteiger partial charge in [0.2, 0.25) is 6.79 Å². The van der Waals surface area contributed by atoms with Crippen molar-refractivity contribution in [1.82, 2.24) is 4.90 Å². The quantitative estimate of drug-likeness (QED) is 0.797. The molecule has 0 saturated carbocycles. The number of fused-ring (bicyclic) bond motifs is 1. The van der Waals surface area contributed by atoms with E-state index >= 15 is 0 Å². The molecule has 0 N–H and O–H groups in total. The van der Waals surface area contributed by atoms with Crippen molar-refractivity contribution >= 4 is 5.97 Å². The van der Waals surface area contributed by atoms with Crippen molar-refractivity contribution in [3.63, 3.8) is 0 Å². The Bertz CT molecular complexity index is 531. The van der Waals surface area contributed by atoms with E-state index in [2.05, 4.69) is 24.1 Å². The number of likely N-dealkylation sites (N-methyl/N-ethyl adjacent to an activating group) is 1. The van der Waals surface area contributed by atoms with E-state index in [9.17, 15) is 4.79 Å². The fraction of sp³-hybridized carbons (Fsp3) is 0.562. The summed E-state index contributed by atoms with van der Waals surface area (Å²) in [5, 5.41) is 0. The van der Waals surface area contributed by atoms with Crippen molar-refractivity contribution in [2.75, 3.05) is 34.0 Å². The second kappa shape index (κ2) is 5.93. The van der Waals surface area contributed by atoms with Crippen LogP contribution in [0, 0.1) is 5.92 Å². The van der Waals surface area contributed by atoms with Crippen molar-refractivity contribution in [1.29, 1.82) is 0 Å². The van der Waals surface area contributed by atoms with E-state index in [0.29, 0.717) is 18.3 Å². The topological polar surface area (TPSA) is 48.0 Å². The Kier molecular flexibility index (Phi) is 4.01. The lowest BCUT2D eigenvalue weighted by Crippen LogP contribution is -2.37. The molecule has 0 aliphatic carbocycles. The van der Waals surface area contributed by atoms with Gasteiger partial charge in [-0.05, 0) is 43.6 Å². The largest absolute Gasteiger partial charge is 0.469 e. The average Bonchev–Trinajstić information content (AvgIpc) is 2.96. The molecule has 21 heavy (non-hydrogen) atoms. The van der Waals surface area contributed by atoms with E-state index in [0.717, 1.165) is 31.0 Å². The standard InChI is InChI=1S/C16H21NO4/c1-17-6-5-12(8-16(18)19-2)13(9-17)11-3-4-14-15(7-11)21-10-20-14/h3-4,7,12-13H,5-6,8-10H2,1-2H3/t12-,13+/m0/s1. The minimum atomic E-state index is -0.129. The van der Waals surface area contributed by atoms with Gasteiger partial charge in [-0.2, -0.15) is 0 Å². The van der Waals surface area contributed by atoms with Gasteiger partial charge in [-0.3, -0.25) is 4.79 Å². The van der Waals surface area contributed by atoms with E-state index in [1.54, 1.807) is 0 Å². The smallest absolute Gasteiger partial charge is 0.305 e. The first-order valence-corrected chi connectivity index (χ1v) is 7.32. The van der Waals surface area contributed by atoms with Crippen LogP contribution in [-0.2, 0) is 9.53 Å². The number of piperidine rings is 1. The lowest BCUT2D eigenvalue weighted by Gasteiger charge is -2.36. The Hall–Kier alpha value is -1.75. The van der Waals surface area contributed by atoms with Crippen LogP contribution in [0.25, 0.3) is 0 Å². The normalized spacial score (nSPS) is 24.9. The number of rotatable bonds is 3. The van der Waals surface area contributed by atoms with Crippen molar-refractivity contribution in [2.45, 2.75) is 18.8 Å². The highest BCUT2D eigenvalue weighted by Gasteiger charge is 2.31. The predicted octanol–water partition coefficient (Wildman–Crippen LogP) is 2.01.